The Morgan fingerprint density at radius 1 is 1.08 bits per heavy atom. The van der Waals surface area contributed by atoms with E-state index in [9.17, 15) is 0 Å². The van der Waals surface area contributed by atoms with Crippen LogP contribution in [0, 0.1) is 6.92 Å². The van der Waals surface area contributed by atoms with Crippen molar-refractivity contribution in [2.24, 2.45) is 0 Å². The van der Waals surface area contributed by atoms with Crippen molar-refractivity contribution in [1.82, 2.24) is 4.57 Å². The quantitative estimate of drug-likeness (QED) is 0.487. The van der Waals surface area contributed by atoms with Gasteiger partial charge in [0.15, 0.2) is 0 Å². The summed E-state index contributed by atoms with van der Waals surface area (Å²) in [5.41, 5.74) is 5.56. The zero-order valence-corrected chi connectivity index (χ0v) is 7.62. The summed E-state index contributed by atoms with van der Waals surface area (Å²) < 4.78 is 2.34. The molecule has 0 unspecified atom stereocenters. The van der Waals surface area contributed by atoms with Gasteiger partial charge in [0, 0.05) is 23.5 Å². The largest absolute Gasteiger partial charge is 0.318 e. The number of hydrogen-bond acceptors (Lipinski definition) is 0. The Hall–Kier alpha value is -1.50. The molecule has 2 aromatic rings. The van der Waals surface area contributed by atoms with Crippen LogP contribution in [0.4, 0.5) is 0 Å². The zero-order chi connectivity index (χ0) is 8.84. The predicted molar refractivity (Wildman–Crippen MR) is 53.3 cm³/mol. The van der Waals surface area contributed by atoms with Crippen LogP contribution in [-0.2, 0) is 6.42 Å². The van der Waals surface area contributed by atoms with Crippen molar-refractivity contribution in [3.8, 4) is 5.69 Å². The number of nitrogens with zero attached hydrogens (tertiary/aromatic N) is 1. The lowest BCUT2D eigenvalue weighted by atomic mass is 10.1. The van der Waals surface area contributed by atoms with Crippen molar-refractivity contribution in [2.45, 2.75) is 13.3 Å². The van der Waals surface area contributed by atoms with E-state index in [-0.39, 0.29) is 0 Å². The molecule has 2 heterocycles. The summed E-state index contributed by atoms with van der Waals surface area (Å²) in [5, 5.41) is 0. The fraction of sp³-hybridized carbons (Fsp3) is 0.167. The summed E-state index contributed by atoms with van der Waals surface area (Å²) in [6, 6.07) is 13.0. The molecule has 1 nitrogen and oxygen atoms in total. The normalized spacial score (nSPS) is 12.7. The third-order valence-electron chi connectivity index (χ3n) is 2.76. The van der Waals surface area contributed by atoms with Gasteiger partial charge in [-0.1, -0.05) is 18.2 Å². The minimum atomic E-state index is 1.09. The van der Waals surface area contributed by atoms with Gasteiger partial charge in [0.1, 0.15) is 0 Å². The zero-order valence-electron chi connectivity index (χ0n) is 7.62. The van der Waals surface area contributed by atoms with Gasteiger partial charge >= 0.3 is 0 Å². The number of hydrogen-bond donors (Lipinski definition) is 0. The predicted octanol–water partition coefficient (Wildman–Crippen LogP) is 2.69. The maximum atomic E-state index is 2.34. The average molecular weight is 169 g/mol. The van der Waals surface area contributed by atoms with Gasteiger partial charge in [-0.05, 0) is 30.7 Å². The Bertz CT molecular complexity index is 466. The molecule has 1 heteroatoms. The number of rotatable bonds is 0. The third kappa shape index (κ3) is 0.816. The van der Waals surface area contributed by atoms with Gasteiger partial charge in [-0.3, -0.25) is 0 Å². The van der Waals surface area contributed by atoms with Crippen LogP contribution in [0.15, 0.2) is 36.4 Å². The van der Waals surface area contributed by atoms with E-state index in [0.29, 0.717) is 0 Å². The van der Waals surface area contributed by atoms with E-state index in [1.807, 2.05) is 0 Å². The Labute approximate surface area is 77.6 Å². The monoisotopic (exact) mass is 169 g/mol. The smallest absolute Gasteiger partial charge is 0.0491 e. The number of fused-ring (bicyclic) bond motifs is 3. The van der Waals surface area contributed by atoms with E-state index in [2.05, 4.69) is 47.9 Å². The summed E-state index contributed by atoms with van der Waals surface area (Å²) in [6.07, 6.45) is 1.09. The van der Waals surface area contributed by atoms with E-state index < -0.39 is 0 Å². The van der Waals surface area contributed by atoms with Crippen molar-refractivity contribution < 1.29 is 0 Å². The molecule has 0 radical (unpaired) electrons. The molecular weight excluding hydrogens is 158 g/mol. The van der Waals surface area contributed by atoms with Gasteiger partial charge in [0.05, 0.1) is 0 Å². The van der Waals surface area contributed by atoms with Gasteiger partial charge in [0.25, 0.3) is 0 Å². The first-order chi connectivity index (χ1) is 6.36. The Balaban J connectivity index is 2.35. The van der Waals surface area contributed by atoms with Crippen LogP contribution in [0.5, 0.6) is 0 Å². The number of aromatic nitrogens is 1. The van der Waals surface area contributed by atoms with Crippen LogP contribution >= 0.6 is 0 Å². The summed E-state index contributed by atoms with van der Waals surface area (Å²) in [7, 11) is 0. The molecule has 1 aromatic heterocycles. The molecule has 0 saturated heterocycles. The summed E-state index contributed by atoms with van der Waals surface area (Å²) in [5.74, 6) is 0. The lowest BCUT2D eigenvalue weighted by molar-refractivity contribution is 0.996. The molecule has 0 aliphatic carbocycles. The van der Waals surface area contributed by atoms with Crippen LogP contribution in [0.2, 0.25) is 0 Å². The SMILES string of the molecule is Cc1ccc2n1-c1ccccc1C2. The second-order valence-electron chi connectivity index (χ2n) is 3.61. The summed E-state index contributed by atoms with van der Waals surface area (Å²) in [4.78, 5) is 0. The molecule has 0 N–H and O–H groups in total. The molecule has 1 aliphatic heterocycles. The van der Waals surface area contributed by atoms with Gasteiger partial charge in [-0.15, -0.1) is 0 Å². The maximum Gasteiger partial charge on any atom is 0.0491 e. The van der Waals surface area contributed by atoms with Crippen LogP contribution in [-0.4, -0.2) is 4.57 Å². The third-order valence-corrected chi connectivity index (χ3v) is 2.76. The lowest BCUT2D eigenvalue weighted by Gasteiger charge is -2.03. The van der Waals surface area contributed by atoms with Crippen molar-refractivity contribution in [2.75, 3.05) is 0 Å². The molecular formula is C12H11N. The number of aryl methyl sites for hydroxylation is 1. The second-order valence-corrected chi connectivity index (χ2v) is 3.61. The topological polar surface area (TPSA) is 4.93 Å². The molecule has 64 valence electrons. The lowest BCUT2D eigenvalue weighted by Crippen LogP contribution is -1.93. The highest BCUT2D eigenvalue weighted by Crippen LogP contribution is 2.29. The van der Waals surface area contributed by atoms with Crippen LogP contribution in [0.1, 0.15) is 17.0 Å². The Kier molecular flexibility index (Phi) is 1.21. The fourth-order valence-corrected chi connectivity index (χ4v) is 2.15. The van der Waals surface area contributed by atoms with Crippen LogP contribution in [0.3, 0.4) is 0 Å². The molecule has 0 amide bonds. The highest BCUT2D eigenvalue weighted by Gasteiger charge is 2.17. The first-order valence-corrected chi connectivity index (χ1v) is 4.62. The van der Waals surface area contributed by atoms with E-state index in [1.54, 1.807) is 0 Å². The molecule has 0 bridgehead atoms. The highest BCUT2D eigenvalue weighted by atomic mass is 15.0. The number of para-hydroxylation sites is 1. The molecule has 1 aliphatic rings. The molecule has 0 spiro atoms. The fourth-order valence-electron chi connectivity index (χ4n) is 2.15. The minimum absolute atomic E-state index is 1.09. The van der Waals surface area contributed by atoms with Gasteiger partial charge < -0.3 is 4.57 Å². The van der Waals surface area contributed by atoms with Gasteiger partial charge in [0.2, 0.25) is 0 Å². The molecule has 13 heavy (non-hydrogen) atoms. The van der Waals surface area contributed by atoms with Crippen molar-refractivity contribution >= 4 is 0 Å². The molecule has 3 rings (SSSR count). The van der Waals surface area contributed by atoms with E-state index in [0.717, 1.165) is 6.42 Å². The number of benzene rings is 1. The second kappa shape index (κ2) is 2.25. The highest BCUT2D eigenvalue weighted by molar-refractivity contribution is 5.51. The Morgan fingerprint density at radius 2 is 1.92 bits per heavy atom. The van der Waals surface area contributed by atoms with Crippen molar-refractivity contribution in [1.29, 1.82) is 0 Å². The van der Waals surface area contributed by atoms with Gasteiger partial charge in [-0.2, -0.15) is 0 Å². The average Bonchev–Trinajstić information content (AvgIpc) is 2.66. The summed E-state index contributed by atoms with van der Waals surface area (Å²) >= 11 is 0. The first kappa shape index (κ1) is 6.96. The Morgan fingerprint density at radius 3 is 2.85 bits per heavy atom. The van der Waals surface area contributed by atoms with Crippen LogP contribution < -0.4 is 0 Å². The minimum Gasteiger partial charge on any atom is -0.318 e. The van der Waals surface area contributed by atoms with Crippen molar-refractivity contribution in [3.05, 3.63) is 53.3 Å². The standard InChI is InChI=1S/C12H11N/c1-9-6-7-11-8-10-4-2-3-5-12(10)13(9)11/h2-7H,8H2,1H3. The summed E-state index contributed by atoms with van der Waals surface area (Å²) in [6.45, 7) is 2.16. The molecule has 0 atom stereocenters. The first-order valence-electron chi connectivity index (χ1n) is 4.62. The van der Waals surface area contributed by atoms with Crippen molar-refractivity contribution in [3.63, 3.8) is 0 Å². The van der Waals surface area contributed by atoms with Crippen LogP contribution in [0.25, 0.3) is 5.69 Å². The molecule has 0 fully saturated rings. The van der Waals surface area contributed by atoms with E-state index in [4.69, 9.17) is 0 Å². The van der Waals surface area contributed by atoms with E-state index in [1.165, 1.54) is 22.6 Å². The molecule has 1 aromatic carbocycles. The van der Waals surface area contributed by atoms with E-state index >= 15 is 0 Å². The maximum absolute atomic E-state index is 2.34. The van der Waals surface area contributed by atoms with Gasteiger partial charge in [-0.25, -0.2) is 0 Å². The molecule has 0 saturated carbocycles.